The summed E-state index contributed by atoms with van der Waals surface area (Å²) in [6.45, 7) is 6.40. The van der Waals surface area contributed by atoms with E-state index < -0.39 is 5.82 Å². The smallest absolute Gasteiger partial charge is 0.165 e. The number of nitrogens with one attached hydrogen (secondary N) is 4. The molecule has 2 saturated heterocycles. The number of benzene rings is 1. The third-order valence-corrected chi connectivity index (χ3v) is 8.65. The fourth-order valence-corrected chi connectivity index (χ4v) is 6.82. The molecule has 2 aromatic rings. The second kappa shape index (κ2) is 9.22. The van der Waals surface area contributed by atoms with Crippen LogP contribution in [0.1, 0.15) is 79.3 Å². The van der Waals surface area contributed by atoms with Crippen molar-refractivity contribution in [1.29, 1.82) is 0 Å². The van der Waals surface area contributed by atoms with Crippen LogP contribution in [0.15, 0.2) is 12.1 Å². The highest BCUT2D eigenvalue weighted by molar-refractivity contribution is 5.39. The average molecular weight is 469 g/mol. The van der Waals surface area contributed by atoms with Crippen LogP contribution in [0.5, 0.6) is 5.75 Å². The third kappa shape index (κ3) is 4.15. The van der Waals surface area contributed by atoms with Crippen LogP contribution in [-0.2, 0) is 19.4 Å². The number of hydrogen-bond acceptors (Lipinski definition) is 6. The lowest BCUT2D eigenvalue weighted by Gasteiger charge is -2.33. The van der Waals surface area contributed by atoms with Crippen LogP contribution in [0.2, 0.25) is 0 Å². The standard InChI is InChI=1S/C26H37FN6O/c1-2-15-11-24(34)20(27)12-19(15)16-5-6-18-22(10-16)31-32-25(18)26-29-21-7-9-33(14-23(21)30-26)13-17-4-3-8-28-17/h11-12,16-18,22,25,28,31-32,34H,2-10,13-14H2,1H3,(H,29,30)/t16?,17-,18?,22?,25?/m1/s1. The molecule has 7 nitrogen and oxygen atoms in total. The summed E-state index contributed by atoms with van der Waals surface area (Å²) in [5, 5.41) is 13.4. The number of hydrazine groups is 1. The highest BCUT2D eigenvalue weighted by atomic mass is 19.1. The normalized spacial score (nSPS) is 31.5. The van der Waals surface area contributed by atoms with E-state index in [1.807, 2.05) is 0 Å². The minimum atomic E-state index is -0.511. The van der Waals surface area contributed by atoms with Gasteiger partial charge in [0.25, 0.3) is 0 Å². The number of aromatic amines is 1. The number of hydrogen-bond donors (Lipinski definition) is 5. The summed E-state index contributed by atoms with van der Waals surface area (Å²) in [6.07, 6.45) is 7.46. The first-order chi connectivity index (χ1) is 16.6. The second-order valence-corrected chi connectivity index (χ2v) is 10.7. The van der Waals surface area contributed by atoms with E-state index in [0.29, 0.717) is 23.9 Å². The zero-order valence-corrected chi connectivity index (χ0v) is 20.0. The molecule has 34 heavy (non-hydrogen) atoms. The fourth-order valence-electron chi connectivity index (χ4n) is 6.82. The van der Waals surface area contributed by atoms with Crippen molar-refractivity contribution < 1.29 is 9.50 Å². The number of H-pyrrole nitrogens is 1. The molecule has 8 heteroatoms. The van der Waals surface area contributed by atoms with Crippen LogP contribution in [-0.4, -0.2) is 51.7 Å². The Hall–Kier alpha value is -2.00. The average Bonchev–Trinajstić information content (AvgIpc) is 3.59. The molecule has 0 radical (unpaired) electrons. The first kappa shape index (κ1) is 22.5. The molecule has 184 valence electrons. The van der Waals surface area contributed by atoms with E-state index in [2.05, 4.69) is 33.0 Å². The molecule has 1 aromatic carbocycles. The van der Waals surface area contributed by atoms with Crippen LogP contribution in [0, 0.1) is 11.7 Å². The first-order valence-corrected chi connectivity index (χ1v) is 13.1. The largest absolute Gasteiger partial charge is 0.505 e. The molecular formula is C26H37FN6O. The van der Waals surface area contributed by atoms with Crippen molar-refractivity contribution in [3.8, 4) is 5.75 Å². The summed E-state index contributed by atoms with van der Waals surface area (Å²) < 4.78 is 14.2. The third-order valence-electron chi connectivity index (χ3n) is 8.65. The predicted molar refractivity (Wildman–Crippen MR) is 129 cm³/mol. The number of phenols is 1. The van der Waals surface area contributed by atoms with Crippen molar-refractivity contribution in [2.45, 2.75) is 82.5 Å². The van der Waals surface area contributed by atoms with Crippen molar-refractivity contribution in [1.82, 2.24) is 31.0 Å². The van der Waals surface area contributed by atoms with Gasteiger partial charge < -0.3 is 15.4 Å². The highest BCUT2D eigenvalue weighted by Gasteiger charge is 2.43. The number of halogens is 1. The molecule has 0 spiro atoms. The molecule has 6 rings (SSSR count). The molecule has 0 amide bonds. The van der Waals surface area contributed by atoms with Gasteiger partial charge in [0.15, 0.2) is 11.6 Å². The number of aromatic hydroxyl groups is 1. The van der Waals surface area contributed by atoms with Crippen LogP contribution in [0.25, 0.3) is 0 Å². The topological polar surface area (TPSA) is 88.2 Å². The lowest BCUT2D eigenvalue weighted by Crippen LogP contribution is -2.40. The van der Waals surface area contributed by atoms with Gasteiger partial charge in [0.05, 0.1) is 17.4 Å². The Balaban J connectivity index is 1.13. The van der Waals surface area contributed by atoms with E-state index >= 15 is 0 Å². The Labute approximate surface area is 200 Å². The van der Waals surface area contributed by atoms with Crippen LogP contribution in [0.4, 0.5) is 4.39 Å². The van der Waals surface area contributed by atoms with E-state index in [1.54, 1.807) is 12.1 Å². The van der Waals surface area contributed by atoms with Crippen LogP contribution < -0.4 is 16.2 Å². The molecule has 1 aliphatic carbocycles. The molecule has 1 aromatic heterocycles. The molecule has 4 heterocycles. The first-order valence-electron chi connectivity index (χ1n) is 13.1. The van der Waals surface area contributed by atoms with Gasteiger partial charge in [-0.2, -0.15) is 0 Å². The van der Waals surface area contributed by atoms with Crippen molar-refractivity contribution in [2.24, 2.45) is 5.92 Å². The lowest BCUT2D eigenvalue weighted by molar-refractivity contribution is 0.228. The van der Waals surface area contributed by atoms with Gasteiger partial charge in [0.1, 0.15) is 5.82 Å². The molecule has 1 saturated carbocycles. The zero-order valence-electron chi connectivity index (χ0n) is 20.0. The summed E-state index contributed by atoms with van der Waals surface area (Å²) in [7, 11) is 0. The maximum Gasteiger partial charge on any atom is 0.165 e. The number of aromatic nitrogens is 2. The maximum atomic E-state index is 14.2. The molecule has 3 aliphatic heterocycles. The maximum absolute atomic E-state index is 14.2. The van der Waals surface area contributed by atoms with Crippen LogP contribution >= 0.6 is 0 Å². The summed E-state index contributed by atoms with van der Waals surface area (Å²) in [5.74, 6) is 1.09. The van der Waals surface area contributed by atoms with Crippen molar-refractivity contribution >= 4 is 0 Å². The summed E-state index contributed by atoms with van der Waals surface area (Å²) >= 11 is 0. The SMILES string of the molecule is CCc1cc(O)c(F)cc1C1CCC2C(C1)NNC2c1nc2c([nH]1)CN(C[C@H]1CCCN1)CC2. The number of phenolic OH excluding ortho intramolecular Hbond substituents is 1. The van der Waals surface area contributed by atoms with E-state index in [0.717, 1.165) is 75.2 Å². The molecule has 4 aliphatic rings. The number of nitrogens with zero attached hydrogens (tertiary/aromatic N) is 2. The Bertz CT molecular complexity index is 1030. The lowest BCUT2D eigenvalue weighted by atomic mass is 9.73. The van der Waals surface area contributed by atoms with Gasteiger partial charge in [-0.05, 0) is 80.2 Å². The number of imidazole rings is 1. The van der Waals surface area contributed by atoms with E-state index in [-0.39, 0.29) is 11.8 Å². The Kier molecular flexibility index (Phi) is 6.09. The van der Waals surface area contributed by atoms with Crippen molar-refractivity contribution in [3.63, 3.8) is 0 Å². The monoisotopic (exact) mass is 468 g/mol. The van der Waals surface area contributed by atoms with Gasteiger partial charge in [0.2, 0.25) is 0 Å². The zero-order chi connectivity index (χ0) is 23.2. The minimum absolute atomic E-state index is 0.184. The fraction of sp³-hybridized carbons (Fsp3) is 0.654. The second-order valence-electron chi connectivity index (χ2n) is 10.7. The van der Waals surface area contributed by atoms with Gasteiger partial charge >= 0.3 is 0 Å². The van der Waals surface area contributed by atoms with Gasteiger partial charge in [-0.15, -0.1) is 0 Å². The number of fused-ring (bicyclic) bond motifs is 2. The van der Waals surface area contributed by atoms with Gasteiger partial charge in [-0.1, -0.05) is 6.92 Å². The van der Waals surface area contributed by atoms with Gasteiger partial charge in [0, 0.05) is 38.1 Å². The summed E-state index contributed by atoms with van der Waals surface area (Å²) in [6, 6.07) is 4.32. The molecular weight excluding hydrogens is 431 g/mol. The quantitative estimate of drug-likeness (QED) is 0.464. The van der Waals surface area contributed by atoms with Crippen LogP contribution in [0.3, 0.4) is 0 Å². The van der Waals surface area contributed by atoms with Crippen molar-refractivity contribution in [3.05, 3.63) is 46.3 Å². The highest BCUT2D eigenvalue weighted by Crippen LogP contribution is 2.44. The van der Waals surface area contributed by atoms with Gasteiger partial charge in [-0.25, -0.2) is 14.8 Å². The number of aryl methyl sites for hydroxylation is 1. The molecule has 5 N–H and O–H groups in total. The minimum Gasteiger partial charge on any atom is -0.505 e. The summed E-state index contributed by atoms with van der Waals surface area (Å²) in [5.41, 5.74) is 11.7. The van der Waals surface area contributed by atoms with E-state index in [4.69, 9.17) is 4.98 Å². The Morgan fingerprint density at radius 3 is 2.94 bits per heavy atom. The molecule has 5 atom stereocenters. The summed E-state index contributed by atoms with van der Waals surface area (Å²) in [4.78, 5) is 11.3. The van der Waals surface area contributed by atoms with E-state index in [1.165, 1.54) is 24.2 Å². The van der Waals surface area contributed by atoms with E-state index in [9.17, 15) is 9.50 Å². The molecule has 3 fully saturated rings. The Morgan fingerprint density at radius 1 is 1.21 bits per heavy atom. The number of rotatable bonds is 5. The Morgan fingerprint density at radius 2 is 2.12 bits per heavy atom. The van der Waals surface area contributed by atoms with Crippen molar-refractivity contribution in [2.75, 3.05) is 19.6 Å². The molecule has 4 unspecified atom stereocenters. The molecule has 0 bridgehead atoms. The predicted octanol–water partition coefficient (Wildman–Crippen LogP) is 3.03. The van der Waals surface area contributed by atoms with Gasteiger partial charge in [-0.3, -0.25) is 10.3 Å².